The van der Waals surface area contributed by atoms with Gasteiger partial charge in [0.05, 0.1) is 5.56 Å². The van der Waals surface area contributed by atoms with Crippen molar-refractivity contribution < 1.29 is 13.9 Å². The lowest BCUT2D eigenvalue weighted by Crippen LogP contribution is -2.14. The van der Waals surface area contributed by atoms with E-state index in [1.807, 2.05) is 6.92 Å². The summed E-state index contributed by atoms with van der Waals surface area (Å²) in [5.41, 5.74) is 2.42. The molecule has 1 atom stereocenters. The minimum Gasteiger partial charge on any atom is -0.381 e. The lowest BCUT2D eigenvalue weighted by atomic mass is 9.99. The summed E-state index contributed by atoms with van der Waals surface area (Å²) in [6.45, 7) is 3.50. The number of fused-ring (bicyclic) bond motifs is 1. The van der Waals surface area contributed by atoms with Crippen LogP contribution in [-0.2, 0) is 16.0 Å². The van der Waals surface area contributed by atoms with Crippen molar-refractivity contribution in [2.75, 3.05) is 18.5 Å². The van der Waals surface area contributed by atoms with E-state index in [2.05, 4.69) is 32.1 Å². The van der Waals surface area contributed by atoms with Gasteiger partial charge in [-0.05, 0) is 68.6 Å². The van der Waals surface area contributed by atoms with Gasteiger partial charge in [-0.2, -0.15) is 0 Å². The van der Waals surface area contributed by atoms with E-state index in [1.54, 1.807) is 24.7 Å². The fraction of sp³-hybridized carbons (Fsp3) is 0.385. The number of carbonyl (C=O) groups excluding carboxylic acids is 1. The topological polar surface area (TPSA) is 77.0 Å². The molecule has 3 aromatic heterocycles. The molecule has 168 valence electrons. The highest BCUT2D eigenvalue weighted by Gasteiger charge is 2.29. The predicted octanol–water partition coefficient (Wildman–Crippen LogP) is 4.19. The second-order valence-corrected chi connectivity index (χ2v) is 8.83. The zero-order valence-corrected chi connectivity index (χ0v) is 18.5. The van der Waals surface area contributed by atoms with Gasteiger partial charge in [-0.25, -0.2) is 14.4 Å². The van der Waals surface area contributed by atoms with E-state index in [9.17, 15) is 9.18 Å². The number of carbonyl (C=O) groups is 1. The van der Waals surface area contributed by atoms with Crippen LogP contribution in [0.25, 0.3) is 10.8 Å². The Labute approximate surface area is 192 Å². The summed E-state index contributed by atoms with van der Waals surface area (Å²) in [5, 5.41) is 4.52. The maximum Gasteiger partial charge on any atom is 0.228 e. The number of anilines is 1. The number of ether oxygens (including phenoxy) is 1. The molecule has 1 aliphatic heterocycles. The van der Waals surface area contributed by atoms with Crippen molar-refractivity contribution in [2.24, 2.45) is 11.8 Å². The summed E-state index contributed by atoms with van der Waals surface area (Å²) in [4.78, 5) is 25.1. The second-order valence-electron chi connectivity index (χ2n) is 8.83. The highest BCUT2D eigenvalue weighted by atomic mass is 19.1. The molecule has 2 aliphatic rings. The molecule has 3 aromatic rings. The fourth-order valence-electron chi connectivity index (χ4n) is 4.02. The van der Waals surface area contributed by atoms with Crippen molar-refractivity contribution in [2.45, 2.75) is 39.0 Å². The van der Waals surface area contributed by atoms with Crippen LogP contribution in [0.3, 0.4) is 0 Å². The molecule has 7 heteroatoms. The summed E-state index contributed by atoms with van der Waals surface area (Å²) >= 11 is 0. The van der Waals surface area contributed by atoms with Crippen molar-refractivity contribution in [3.8, 4) is 11.8 Å². The third-order valence-electron chi connectivity index (χ3n) is 6.25. The van der Waals surface area contributed by atoms with Crippen LogP contribution in [0.15, 0.2) is 30.7 Å². The van der Waals surface area contributed by atoms with Crippen LogP contribution in [0.2, 0.25) is 0 Å². The van der Waals surface area contributed by atoms with Gasteiger partial charge in [0.25, 0.3) is 0 Å². The smallest absolute Gasteiger partial charge is 0.228 e. The van der Waals surface area contributed by atoms with Gasteiger partial charge in [-0.15, -0.1) is 0 Å². The second kappa shape index (κ2) is 9.24. The van der Waals surface area contributed by atoms with E-state index in [-0.39, 0.29) is 17.5 Å². The van der Waals surface area contributed by atoms with Crippen molar-refractivity contribution >= 4 is 22.5 Å². The van der Waals surface area contributed by atoms with E-state index in [4.69, 9.17) is 4.74 Å². The predicted molar refractivity (Wildman–Crippen MR) is 123 cm³/mol. The number of hydrogen-bond acceptors (Lipinski definition) is 5. The van der Waals surface area contributed by atoms with Gasteiger partial charge in [0.2, 0.25) is 5.91 Å². The van der Waals surface area contributed by atoms with Crippen LogP contribution in [0.5, 0.6) is 0 Å². The lowest BCUT2D eigenvalue weighted by Gasteiger charge is -2.08. The first-order chi connectivity index (χ1) is 16.1. The van der Waals surface area contributed by atoms with E-state index in [0.717, 1.165) is 67.3 Å². The molecular weight excluding hydrogens is 419 g/mol. The number of aryl methyl sites for hydroxylation is 2. The molecule has 33 heavy (non-hydrogen) atoms. The molecule has 1 aliphatic carbocycles. The molecule has 1 N–H and O–H groups in total. The zero-order valence-electron chi connectivity index (χ0n) is 18.5. The van der Waals surface area contributed by atoms with Crippen LogP contribution in [-0.4, -0.2) is 34.1 Å². The lowest BCUT2D eigenvalue weighted by molar-refractivity contribution is -0.117. The molecule has 1 amide bonds. The van der Waals surface area contributed by atoms with E-state index in [1.165, 1.54) is 6.07 Å². The highest BCUT2D eigenvalue weighted by molar-refractivity contribution is 5.96. The Morgan fingerprint density at radius 2 is 2.00 bits per heavy atom. The Morgan fingerprint density at radius 1 is 1.12 bits per heavy atom. The Hall–Kier alpha value is -3.37. The van der Waals surface area contributed by atoms with Gasteiger partial charge < -0.3 is 10.1 Å². The number of pyridine rings is 3. The maximum absolute atomic E-state index is 14.7. The SMILES string of the molecule is Cc1ncc(C#Cc2ncc(CC[C@H]3CCOC3)cc2F)c2cc(NC(=O)C3CC3)ncc12. The highest BCUT2D eigenvalue weighted by Crippen LogP contribution is 2.30. The maximum atomic E-state index is 14.7. The van der Waals surface area contributed by atoms with Gasteiger partial charge in [-0.1, -0.05) is 5.92 Å². The Balaban J connectivity index is 1.37. The monoisotopic (exact) mass is 444 g/mol. The zero-order chi connectivity index (χ0) is 22.8. The number of halogens is 1. The van der Waals surface area contributed by atoms with E-state index >= 15 is 0 Å². The number of aromatic nitrogens is 3. The number of rotatable bonds is 5. The molecule has 1 saturated carbocycles. The molecule has 0 bridgehead atoms. The number of hydrogen-bond donors (Lipinski definition) is 1. The fourth-order valence-corrected chi connectivity index (χ4v) is 4.02. The van der Waals surface area contributed by atoms with Crippen LogP contribution < -0.4 is 5.32 Å². The first-order valence-electron chi connectivity index (χ1n) is 11.4. The molecule has 0 spiro atoms. The molecule has 0 aromatic carbocycles. The largest absolute Gasteiger partial charge is 0.381 e. The van der Waals surface area contributed by atoms with E-state index < -0.39 is 5.82 Å². The van der Waals surface area contributed by atoms with Gasteiger partial charge in [-0.3, -0.25) is 9.78 Å². The first kappa shape index (κ1) is 21.5. The summed E-state index contributed by atoms with van der Waals surface area (Å²) in [7, 11) is 0. The van der Waals surface area contributed by atoms with Crippen LogP contribution >= 0.6 is 0 Å². The summed E-state index contributed by atoms with van der Waals surface area (Å²) < 4.78 is 20.1. The summed E-state index contributed by atoms with van der Waals surface area (Å²) in [6.07, 6.45) is 9.71. The molecule has 0 unspecified atom stereocenters. The third kappa shape index (κ3) is 5.01. The summed E-state index contributed by atoms with van der Waals surface area (Å²) in [6, 6.07) is 3.32. The quantitative estimate of drug-likeness (QED) is 0.597. The van der Waals surface area contributed by atoms with Crippen LogP contribution in [0.4, 0.5) is 10.2 Å². The Bertz CT molecular complexity index is 1270. The number of nitrogens with zero attached hydrogens (tertiary/aromatic N) is 3. The average Bonchev–Trinajstić information content (AvgIpc) is 3.54. The molecule has 4 heterocycles. The normalized spacial score (nSPS) is 17.6. The van der Waals surface area contributed by atoms with Crippen molar-refractivity contribution in [3.63, 3.8) is 0 Å². The van der Waals surface area contributed by atoms with Gasteiger partial charge in [0, 0.05) is 54.2 Å². The molecule has 6 nitrogen and oxygen atoms in total. The first-order valence-corrected chi connectivity index (χ1v) is 11.4. The third-order valence-corrected chi connectivity index (χ3v) is 6.25. The number of amides is 1. The molecule has 0 radical (unpaired) electrons. The standard InChI is InChI=1S/C26H25FN4O2/c1-16-22-14-30-25(31-26(32)19-4-5-19)11-21(22)20(13-28-16)6-7-24-23(27)10-18(12-29-24)3-2-17-8-9-33-15-17/h10-14,17,19H,2-5,8-9,15H2,1H3,(H,30,31,32)/t17-/m0/s1. The van der Waals surface area contributed by atoms with Gasteiger partial charge in [0.15, 0.2) is 5.82 Å². The van der Waals surface area contributed by atoms with Gasteiger partial charge in [0.1, 0.15) is 11.5 Å². The molecular formula is C26H25FN4O2. The molecule has 5 rings (SSSR count). The van der Waals surface area contributed by atoms with E-state index in [0.29, 0.717) is 17.3 Å². The Kier molecular flexibility index (Phi) is 6.01. The Morgan fingerprint density at radius 3 is 2.76 bits per heavy atom. The van der Waals surface area contributed by atoms with Crippen molar-refractivity contribution in [3.05, 3.63) is 59.1 Å². The minimum atomic E-state index is -0.425. The number of nitrogens with one attached hydrogen (secondary N) is 1. The van der Waals surface area contributed by atoms with Crippen LogP contribution in [0.1, 0.15) is 48.2 Å². The minimum absolute atomic E-state index is 0.00733. The van der Waals surface area contributed by atoms with Gasteiger partial charge >= 0.3 is 0 Å². The van der Waals surface area contributed by atoms with Crippen molar-refractivity contribution in [1.29, 1.82) is 0 Å². The van der Waals surface area contributed by atoms with Crippen LogP contribution in [0, 0.1) is 36.4 Å². The molecule has 2 fully saturated rings. The average molecular weight is 445 g/mol. The molecule has 1 saturated heterocycles. The van der Waals surface area contributed by atoms with Crippen molar-refractivity contribution in [1.82, 2.24) is 15.0 Å². The summed E-state index contributed by atoms with van der Waals surface area (Å²) in [5.74, 6) is 6.54.